The smallest absolute Gasteiger partial charge is 0.336 e. The number of aromatic carboxylic acids is 1. The van der Waals surface area contributed by atoms with Crippen LogP contribution in [0.5, 0.6) is 0 Å². The predicted molar refractivity (Wildman–Crippen MR) is 68.3 cm³/mol. The molecule has 0 aliphatic heterocycles. The molecule has 2 nitrogen and oxygen atoms in total. The molecular weight excluding hydrogens is 212 g/mol. The molecule has 17 heavy (non-hydrogen) atoms. The molecule has 0 spiro atoms. The summed E-state index contributed by atoms with van der Waals surface area (Å²) in [5.74, 6) is -1.08. The Balaban J connectivity index is 2.51. The van der Waals surface area contributed by atoms with Gasteiger partial charge in [-0.25, -0.2) is 4.79 Å². The monoisotopic (exact) mass is 226 g/mol. The zero-order valence-electron chi connectivity index (χ0n) is 11.1. The Morgan fingerprint density at radius 1 is 1.35 bits per heavy atom. The number of allylic oxidation sites excluding steroid dienone is 1. The van der Waals surface area contributed by atoms with E-state index in [1.807, 2.05) is 18.2 Å². The number of hydrogen-bond donors (Lipinski definition) is 1. The highest BCUT2D eigenvalue weighted by atomic mass is 16.4. The molecule has 84 valence electrons. The van der Waals surface area contributed by atoms with Gasteiger partial charge in [-0.1, -0.05) is 36.4 Å². The van der Waals surface area contributed by atoms with Crippen LogP contribution in [-0.2, 0) is 6.37 Å². The van der Waals surface area contributed by atoms with E-state index in [9.17, 15) is 9.90 Å². The molecule has 0 unspecified atom stereocenters. The number of benzene rings is 2. The third-order valence-electron chi connectivity index (χ3n) is 2.99. The second kappa shape index (κ2) is 3.74. The van der Waals surface area contributed by atoms with Crippen molar-refractivity contribution in [3.63, 3.8) is 0 Å². The van der Waals surface area contributed by atoms with Crippen LogP contribution in [0.15, 0.2) is 36.4 Å². The lowest BCUT2D eigenvalue weighted by atomic mass is 9.88. The molecule has 0 fully saturated rings. The van der Waals surface area contributed by atoms with Gasteiger partial charge in [0.05, 0.1) is 5.56 Å². The fraction of sp³-hybridized carbons (Fsp3) is 0.133. The van der Waals surface area contributed by atoms with Gasteiger partial charge in [-0.3, -0.25) is 0 Å². The van der Waals surface area contributed by atoms with Crippen molar-refractivity contribution >= 4 is 22.8 Å². The maximum absolute atomic E-state index is 11.6. The van der Waals surface area contributed by atoms with Crippen molar-refractivity contribution in [1.82, 2.24) is 0 Å². The van der Waals surface area contributed by atoms with Crippen LogP contribution in [0.3, 0.4) is 0 Å². The molecule has 0 amide bonds. The quantitative estimate of drug-likeness (QED) is 0.808. The van der Waals surface area contributed by atoms with Crippen LogP contribution in [0.1, 0.15) is 30.6 Å². The zero-order chi connectivity index (χ0) is 13.6. The summed E-state index contributed by atoms with van der Waals surface area (Å²) in [6.07, 6.45) is 2.12. The molecule has 2 heteroatoms. The van der Waals surface area contributed by atoms with E-state index in [4.69, 9.17) is 2.74 Å². The van der Waals surface area contributed by atoms with Gasteiger partial charge in [-0.05, 0) is 40.8 Å². The van der Waals surface area contributed by atoms with Crippen molar-refractivity contribution in [2.45, 2.75) is 12.8 Å². The van der Waals surface area contributed by atoms with Crippen LogP contribution in [-0.4, -0.2) is 11.1 Å². The van der Waals surface area contributed by atoms with Crippen molar-refractivity contribution in [2.24, 2.45) is 0 Å². The minimum absolute atomic E-state index is 0.0856. The molecule has 2 aromatic rings. The highest BCUT2D eigenvalue weighted by Crippen LogP contribution is 2.30. The summed E-state index contributed by atoms with van der Waals surface area (Å²) in [6.45, 7) is 0. The summed E-state index contributed by atoms with van der Waals surface area (Å²) >= 11 is 0. The standard InChI is InChI=1S/C15H12O2/c16-15(17)14-12-7-3-1-5-10(12)9-11-6-2-4-8-13(11)14/h1-3,5-7,9H,4,8H2,(H,16,17)/i8D2. The molecule has 0 saturated heterocycles. The van der Waals surface area contributed by atoms with Crippen LogP contribution in [0.25, 0.3) is 16.8 Å². The second-order valence-corrected chi connectivity index (χ2v) is 4.03. The van der Waals surface area contributed by atoms with E-state index in [-0.39, 0.29) is 12.0 Å². The predicted octanol–water partition coefficient (Wildman–Crippen LogP) is 3.50. The molecule has 1 aliphatic rings. The van der Waals surface area contributed by atoms with Crippen molar-refractivity contribution in [3.8, 4) is 0 Å². The second-order valence-electron chi connectivity index (χ2n) is 4.03. The molecule has 0 bridgehead atoms. The van der Waals surface area contributed by atoms with Crippen LogP contribution in [0, 0.1) is 0 Å². The number of carbonyl (C=O) groups is 1. The number of carboxylic acid groups (broad SMARTS) is 1. The normalized spacial score (nSPS) is 18.4. The molecule has 0 saturated carbocycles. The van der Waals surface area contributed by atoms with Gasteiger partial charge in [0.2, 0.25) is 0 Å². The third kappa shape index (κ3) is 1.53. The summed E-state index contributed by atoms with van der Waals surface area (Å²) in [7, 11) is 0. The maximum Gasteiger partial charge on any atom is 0.336 e. The van der Waals surface area contributed by atoms with Crippen molar-refractivity contribution in [1.29, 1.82) is 0 Å². The lowest BCUT2D eigenvalue weighted by Crippen LogP contribution is -2.07. The Bertz CT molecular complexity index is 717. The summed E-state index contributed by atoms with van der Waals surface area (Å²) in [4.78, 5) is 11.6. The first-order valence-electron chi connectivity index (χ1n) is 6.47. The van der Waals surface area contributed by atoms with Gasteiger partial charge in [-0.15, -0.1) is 0 Å². The highest BCUT2D eigenvalue weighted by Gasteiger charge is 2.18. The summed E-state index contributed by atoms with van der Waals surface area (Å²) in [6, 6.07) is 9.05. The molecule has 0 atom stereocenters. The van der Waals surface area contributed by atoms with E-state index in [1.165, 1.54) is 0 Å². The van der Waals surface area contributed by atoms with Gasteiger partial charge in [0.25, 0.3) is 0 Å². The highest BCUT2D eigenvalue weighted by molar-refractivity contribution is 6.06. The van der Waals surface area contributed by atoms with E-state index in [0.29, 0.717) is 16.5 Å². The average Bonchev–Trinajstić information content (AvgIpc) is 2.35. The van der Waals surface area contributed by atoms with Crippen molar-refractivity contribution in [3.05, 3.63) is 53.1 Å². The number of rotatable bonds is 1. The average molecular weight is 226 g/mol. The van der Waals surface area contributed by atoms with Gasteiger partial charge in [0.1, 0.15) is 0 Å². The SMILES string of the molecule is [2H]C1([2H])CC=Cc2cc3ccccc3c(C(=O)O)c21. The molecule has 0 aromatic heterocycles. The summed E-state index contributed by atoms with van der Waals surface area (Å²) in [5.41, 5.74) is 1.04. The zero-order valence-corrected chi connectivity index (χ0v) is 9.10. The summed E-state index contributed by atoms with van der Waals surface area (Å²) < 4.78 is 16.1. The van der Waals surface area contributed by atoms with Crippen LogP contribution < -0.4 is 0 Å². The van der Waals surface area contributed by atoms with Gasteiger partial charge >= 0.3 is 5.97 Å². The maximum atomic E-state index is 11.6. The minimum atomic E-state index is -1.64. The number of carboxylic acids is 1. The summed E-state index contributed by atoms with van der Waals surface area (Å²) in [5, 5.41) is 10.9. The number of fused-ring (bicyclic) bond motifs is 2. The Labute approximate surface area is 102 Å². The lowest BCUT2D eigenvalue weighted by molar-refractivity contribution is 0.0698. The first kappa shape index (κ1) is 8.07. The first-order valence-corrected chi connectivity index (χ1v) is 5.47. The molecule has 0 heterocycles. The molecule has 1 N–H and O–H groups in total. The van der Waals surface area contributed by atoms with Crippen LogP contribution in [0.2, 0.25) is 0 Å². The molecular formula is C15H12O2. The Morgan fingerprint density at radius 3 is 3.00 bits per heavy atom. The van der Waals surface area contributed by atoms with Gasteiger partial charge in [0.15, 0.2) is 0 Å². The van der Waals surface area contributed by atoms with Gasteiger partial charge in [0, 0.05) is 2.74 Å². The molecule has 2 aromatic carbocycles. The van der Waals surface area contributed by atoms with Gasteiger partial charge < -0.3 is 5.11 Å². The fourth-order valence-corrected chi connectivity index (χ4v) is 2.26. The molecule has 1 aliphatic carbocycles. The molecule has 3 rings (SSSR count). The topological polar surface area (TPSA) is 37.3 Å². The third-order valence-corrected chi connectivity index (χ3v) is 2.99. The molecule has 0 radical (unpaired) electrons. The van der Waals surface area contributed by atoms with E-state index in [2.05, 4.69) is 0 Å². The van der Waals surface area contributed by atoms with E-state index in [1.54, 1.807) is 24.3 Å². The van der Waals surface area contributed by atoms with Gasteiger partial charge in [-0.2, -0.15) is 0 Å². The van der Waals surface area contributed by atoms with E-state index < -0.39 is 12.3 Å². The number of hydrogen-bond acceptors (Lipinski definition) is 1. The Hall–Kier alpha value is -2.09. The first-order chi connectivity index (χ1) is 9.00. The van der Waals surface area contributed by atoms with Crippen molar-refractivity contribution < 1.29 is 12.6 Å². The lowest BCUT2D eigenvalue weighted by Gasteiger charge is -2.15. The van der Waals surface area contributed by atoms with Crippen LogP contribution in [0.4, 0.5) is 0 Å². The Morgan fingerprint density at radius 2 is 2.18 bits per heavy atom. The van der Waals surface area contributed by atoms with Crippen LogP contribution >= 0.6 is 0 Å². The Kier molecular flexibility index (Phi) is 1.77. The largest absolute Gasteiger partial charge is 0.478 e. The fourth-order valence-electron chi connectivity index (χ4n) is 2.26. The van der Waals surface area contributed by atoms with Crippen molar-refractivity contribution in [2.75, 3.05) is 0 Å². The minimum Gasteiger partial charge on any atom is -0.478 e. The van der Waals surface area contributed by atoms with E-state index in [0.717, 1.165) is 5.39 Å². The van der Waals surface area contributed by atoms with E-state index >= 15 is 0 Å².